The van der Waals surface area contributed by atoms with E-state index in [1.807, 2.05) is 26.8 Å². The quantitative estimate of drug-likeness (QED) is 0.0192. The number of carbonyl (C=O) groups excluding carboxylic acids is 4. The van der Waals surface area contributed by atoms with Gasteiger partial charge in [-0.1, -0.05) is 145 Å². The largest absolute Gasteiger partial charge is 0.482 e. The van der Waals surface area contributed by atoms with Gasteiger partial charge in [-0.25, -0.2) is 66.9 Å². The fraction of sp³-hybridized carbons (Fsp3) is 0.500. The van der Waals surface area contributed by atoms with E-state index in [0.717, 1.165) is 27.0 Å². The van der Waals surface area contributed by atoms with Gasteiger partial charge in [-0.2, -0.15) is 19.6 Å². The molecule has 120 heavy (non-hydrogen) atoms. The molecule has 9 rings (SSSR count). The third kappa shape index (κ3) is 46.5. The highest BCUT2D eigenvalue weighted by Gasteiger charge is 2.26. The Labute approximate surface area is 733 Å². The fourth-order valence-corrected chi connectivity index (χ4v) is 11.5. The standard InChI is InChI=1S/C17H24ClN3O3Si.C13H16ClN3O3Si.C12H22N2O3Si.C10H11Cl2NO2.C8H12N2O3.C7H14N2OSi.C5H9N3O2S.C4H11ClSi/c1-17(2,3)24-16(22)12-7-8-13(19-15(12)18)21-10-9-14(20-21)23-11-25(4,5)6;1-21(2,3)8-20-11-6-7-17(16-11)10-5-4-9(13(18)19)12(14)15-10;1-12(2,3)17-11(15)14-8-7-10(13-14)16-9-18(4,5)6;1-10(2,3)15-9(14)6-4-5-7(11)13-8(6)12;1-8(2,3)13-7(12)10-5-4-6(11)9-10;1-11(2,3)6-10-7-4-5-8-9-7;1-4-5(11(6,9)10)3-8(2)7-4;1-6(2,3)4-5/h7-10H,11H2,1-6H3;4-7H,8H2,1-3H3,(H,18,19);7-8H,9H2,1-6H3;4-5H,1-3H3;4-5H,1-3H3,(H,9,11);4-5H,6H2,1-3H3,(H,8,9);3H,1-2H3,(H2,6,9,10);4H2,1-3H3. The van der Waals surface area contributed by atoms with Gasteiger partial charge in [0.1, 0.15) is 47.9 Å². The van der Waals surface area contributed by atoms with Gasteiger partial charge in [-0.15, -0.1) is 26.9 Å². The van der Waals surface area contributed by atoms with Crippen molar-refractivity contribution in [2.75, 3.05) is 30.4 Å². The van der Waals surface area contributed by atoms with Crippen LogP contribution in [0.3, 0.4) is 0 Å². The van der Waals surface area contributed by atoms with Crippen LogP contribution in [0.4, 0.5) is 9.59 Å². The summed E-state index contributed by atoms with van der Waals surface area (Å²) in [5, 5.41) is 39.4. The molecule has 0 saturated heterocycles. The molecule has 0 aliphatic heterocycles. The van der Waals surface area contributed by atoms with Gasteiger partial charge < -0.3 is 43.0 Å². The Morgan fingerprint density at radius 2 is 0.875 bits per heavy atom. The van der Waals surface area contributed by atoms with E-state index in [-0.39, 0.29) is 47.8 Å². The van der Waals surface area contributed by atoms with Gasteiger partial charge in [0.25, 0.3) is 5.56 Å². The van der Waals surface area contributed by atoms with Crippen molar-refractivity contribution in [3.05, 3.63) is 157 Å². The Bertz CT molecular complexity index is 4940. The number of aryl methyl sites for hydroxylation is 2. The maximum atomic E-state index is 12.1. The van der Waals surface area contributed by atoms with E-state index >= 15 is 0 Å². The smallest absolute Gasteiger partial charge is 0.435 e. The number of halogens is 5. The first-order valence-corrected chi connectivity index (χ1v) is 59.5. The number of nitrogens with one attached hydrogen (secondary N) is 2. The van der Waals surface area contributed by atoms with Crippen LogP contribution in [-0.2, 0) is 36.0 Å². The minimum Gasteiger partial charge on any atom is -0.482 e. The van der Waals surface area contributed by atoms with Crippen LogP contribution in [0.15, 0.2) is 114 Å². The summed E-state index contributed by atoms with van der Waals surface area (Å²) in [6.07, 6.45) is 11.2. The van der Waals surface area contributed by atoms with Crippen LogP contribution in [0.5, 0.6) is 23.5 Å². The van der Waals surface area contributed by atoms with Crippen molar-refractivity contribution in [1.82, 2.24) is 74.1 Å². The molecule has 33 nitrogen and oxygen atoms in total. The Kier molecular flexibility index (Phi) is 41.3. The number of alkyl halides is 1. The van der Waals surface area contributed by atoms with Gasteiger partial charge in [0.2, 0.25) is 33.5 Å². The summed E-state index contributed by atoms with van der Waals surface area (Å²) in [5.41, 5.74) is -0.848. The lowest BCUT2D eigenvalue weighted by Gasteiger charge is -2.19. The van der Waals surface area contributed by atoms with Gasteiger partial charge >= 0.3 is 30.1 Å². The number of primary sulfonamides is 1. The predicted octanol–water partition coefficient (Wildman–Crippen LogP) is 17.4. The van der Waals surface area contributed by atoms with Gasteiger partial charge in [-0.3, -0.25) is 14.6 Å². The van der Waals surface area contributed by atoms with Crippen LogP contribution in [0.25, 0.3) is 11.6 Å². The molecule has 9 aromatic rings. The second-order valence-corrected chi connectivity index (χ2v) is 67.3. The highest BCUT2D eigenvalue weighted by molar-refractivity contribution is 7.89. The molecule has 666 valence electrons. The summed E-state index contributed by atoms with van der Waals surface area (Å²) in [4.78, 5) is 80.3. The number of nitrogens with zero attached hydrogens (tertiary/aromatic N) is 13. The topological polar surface area (TPSA) is 416 Å². The SMILES string of the molecule is CC(C)(C)OC(=O)c1ccc(-n2ccc(OC[Si](C)(C)C)n2)nc1Cl.CC(C)(C)OC(=O)c1ccc(Cl)nc1Cl.CC(C)(C)OC(=O)n1ccc(=O)[nH]1.CC(C)(C)OC(=O)n1ccc(OC[Si](C)(C)C)n1.C[Si](C)(C)CCl.C[Si](C)(C)COc1ccn(-c2ccc(C(=O)O)c(Cl)n2)n1.C[Si](C)(C)COc1ccn[nH]1.Cc1nn(C)cc1S(N)(=O)=O. The average molecular weight is 1880 g/mol. The Balaban J connectivity index is 0.000000477. The van der Waals surface area contributed by atoms with E-state index in [9.17, 15) is 37.2 Å². The molecule has 0 fully saturated rings. The molecule has 0 bridgehead atoms. The zero-order valence-electron chi connectivity index (χ0n) is 74.0. The van der Waals surface area contributed by atoms with Crippen molar-refractivity contribution < 1.29 is 75.4 Å². The first-order valence-electron chi connectivity index (χ1n) is 37.4. The predicted molar refractivity (Wildman–Crippen MR) is 482 cm³/mol. The monoisotopic (exact) mass is 1870 g/mol. The number of aromatic nitrogens is 15. The van der Waals surface area contributed by atoms with Crippen molar-refractivity contribution >= 4 is 138 Å². The molecule has 0 unspecified atom stereocenters. The lowest BCUT2D eigenvalue weighted by Crippen LogP contribution is -2.30. The van der Waals surface area contributed by atoms with Crippen LogP contribution in [0, 0.1) is 6.92 Å². The van der Waals surface area contributed by atoms with E-state index in [0.29, 0.717) is 53.7 Å². The maximum Gasteiger partial charge on any atom is 0.435 e. The summed E-state index contributed by atoms with van der Waals surface area (Å²) < 4.78 is 71.2. The van der Waals surface area contributed by atoms with Crippen LogP contribution in [0.1, 0.15) is 120 Å². The number of ether oxygens (including phenoxy) is 8. The Hall–Kier alpha value is -8.50. The number of pyridine rings is 3. The zero-order chi connectivity index (χ0) is 92.3. The molecule has 0 atom stereocenters. The first-order chi connectivity index (χ1) is 54.5. The fourth-order valence-electron chi connectivity index (χ4n) is 7.56. The summed E-state index contributed by atoms with van der Waals surface area (Å²) >= 11 is 28.9. The number of rotatable bonds is 19. The highest BCUT2D eigenvalue weighted by atomic mass is 35.5. The number of carboxylic acids is 1. The third-order valence-electron chi connectivity index (χ3n) is 12.7. The molecule has 0 amide bonds. The van der Waals surface area contributed by atoms with Gasteiger partial charge in [0.05, 0.1) is 93.9 Å². The van der Waals surface area contributed by atoms with Crippen molar-refractivity contribution in [3.63, 3.8) is 0 Å². The number of aromatic amines is 2. The molecule has 0 saturated carbocycles. The van der Waals surface area contributed by atoms with Gasteiger partial charge in [0, 0.05) is 73.9 Å². The zero-order valence-corrected chi connectivity index (χ0v) is 83.6. The average Bonchev–Trinajstić information content (AvgIpc) is 1.60. The number of carboxylic acid groups (broad SMARTS) is 1. The lowest BCUT2D eigenvalue weighted by molar-refractivity contribution is 0.00567. The number of aromatic carboxylic acids is 1. The summed E-state index contributed by atoms with van der Waals surface area (Å²) in [5.74, 6) is 1.10. The molecule has 44 heteroatoms. The Morgan fingerprint density at radius 1 is 0.492 bits per heavy atom. The van der Waals surface area contributed by atoms with E-state index in [1.165, 1.54) is 46.0 Å². The molecule has 9 heterocycles. The van der Waals surface area contributed by atoms with E-state index in [1.54, 1.807) is 142 Å². The molecule has 0 aliphatic rings. The summed E-state index contributed by atoms with van der Waals surface area (Å²) in [6, 6.07) is 17.5. The molecular weight excluding hydrogens is 1760 g/mol. The molecule has 9 aromatic heterocycles. The minimum atomic E-state index is -3.60. The number of sulfonamides is 1. The van der Waals surface area contributed by atoms with Crippen LogP contribution < -0.4 is 29.6 Å². The van der Waals surface area contributed by atoms with E-state index in [4.69, 9.17) is 106 Å². The summed E-state index contributed by atoms with van der Waals surface area (Å²) in [6.45, 7) is 56.5. The van der Waals surface area contributed by atoms with Crippen LogP contribution in [0.2, 0.25) is 119 Å². The van der Waals surface area contributed by atoms with E-state index < -0.39 is 103 Å². The van der Waals surface area contributed by atoms with Crippen molar-refractivity contribution in [2.45, 2.75) is 216 Å². The van der Waals surface area contributed by atoms with Gasteiger partial charge in [0.15, 0.2) is 11.6 Å². The number of H-pyrrole nitrogens is 2. The van der Waals surface area contributed by atoms with Crippen LogP contribution >= 0.6 is 58.0 Å². The van der Waals surface area contributed by atoms with Crippen molar-refractivity contribution in [1.29, 1.82) is 0 Å². The highest BCUT2D eigenvalue weighted by Crippen LogP contribution is 2.25. The molecule has 0 aliphatic carbocycles. The van der Waals surface area contributed by atoms with E-state index in [2.05, 4.69) is 149 Å². The molecule has 5 N–H and O–H groups in total. The maximum absolute atomic E-state index is 12.1. The normalized spacial score (nSPS) is 11.8. The number of carbonyl (C=O) groups is 5. The summed E-state index contributed by atoms with van der Waals surface area (Å²) in [7, 11) is -7.82. The number of nitrogens with two attached hydrogens (primary N) is 1. The van der Waals surface area contributed by atoms with Crippen molar-refractivity contribution in [2.24, 2.45) is 12.2 Å². The lowest BCUT2D eigenvalue weighted by atomic mass is 10.2. The van der Waals surface area contributed by atoms with Crippen LogP contribution in [-0.4, -0.2) is 211 Å². The first kappa shape index (κ1) is 108. The molecule has 0 spiro atoms. The molecule has 0 radical (unpaired) electrons. The number of hydrogen-bond donors (Lipinski definition) is 4. The Morgan fingerprint density at radius 3 is 1.20 bits per heavy atom. The molecule has 0 aromatic carbocycles. The minimum absolute atomic E-state index is 0.0391. The second-order valence-electron chi connectivity index (χ2n) is 36.5. The van der Waals surface area contributed by atoms with Crippen molar-refractivity contribution in [3.8, 4) is 35.2 Å². The molecular formula is C76H119Cl5N16O17SSi5. The number of hydrogen-bond acceptors (Lipinski definition) is 24. The van der Waals surface area contributed by atoms with Gasteiger partial charge in [-0.05, 0) is 126 Å². The second kappa shape index (κ2) is 46.1. The third-order valence-corrected chi connectivity index (χ3v) is 22.0. The number of esters is 2.